The van der Waals surface area contributed by atoms with Crippen LogP contribution in [0.15, 0.2) is 96.4 Å². The van der Waals surface area contributed by atoms with Gasteiger partial charge in [-0.15, -0.1) is 0 Å². The number of thioether (sulfide) groups is 1. The Morgan fingerprint density at radius 1 is 1.00 bits per heavy atom. The molecule has 2 heterocycles. The van der Waals surface area contributed by atoms with E-state index in [2.05, 4.69) is 10.3 Å². The lowest BCUT2D eigenvalue weighted by atomic mass is 10.0. The van der Waals surface area contributed by atoms with Gasteiger partial charge in [-0.2, -0.15) is 0 Å². The maximum atomic E-state index is 12.4. The van der Waals surface area contributed by atoms with Crippen LogP contribution in [0.5, 0.6) is 0 Å². The van der Waals surface area contributed by atoms with Gasteiger partial charge in [0.15, 0.2) is 11.4 Å². The molecule has 3 atom stereocenters. The molecular formula is C30H31N3O4S. The number of nitrogens with one attached hydrogen (secondary N) is 1. The molecule has 8 heteroatoms. The third kappa shape index (κ3) is 6.52. The first-order chi connectivity index (χ1) is 18.6. The van der Waals surface area contributed by atoms with E-state index in [1.54, 1.807) is 30.1 Å². The van der Waals surface area contributed by atoms with Crippen LogP contribution >= 0.6 is 11.8 Å². The number of hydrogen-bond acceptors (Lipinski definition) is 6. The smallest absolute Gasteiger partial charge is 0.251 e. The quantitative estimate of drug-likeness (QED) is 0.291. The highest BCUT2D eigenvalue weighted by Gasteiger charge is 2.32. The summed E-state index contributed by atoms with van der Waals surface area (Å²) in [6.45, 7) is 0.446. The fourth-order valence-electron chi connectivity index (χ4n) is 4.35. The summed E-state index contributed by atoms with van der Waals surface area (Å²) >= 11 is 1.67. The fourth-order valence-corrected chi connectivity index (χ4v) is 5.30. The Hall–Kier alpha value is -3.43. The van der Waals surface area contributed by atoms with Crippen LogP contribution in [0.4, 0.5) is 0 Å². The minimum Gasteiger partial charge on any atom is -0.392 e. The molecule has 1 aliphatic heterocycles. The molecule has 38 heavy (non-hydrogen) atoms. The van der Waals surface area contributed by atoms with Gasteiger partial charge < -0.3 is 24.5 Å². The summed E-state index contributed by atoms with van der Waals surface area (Å²) in [4.78, 5) is 16.8. The number of aryl methyl sites for hydroxylation is 1. The molecule has 0 radical (unpaired) electrons. The predicted molar refractivity (Wildman–Crippen MR) is 146 cm³/mol. The number of aromatic nitrogens is 2. The molecule has 196 valence electrons. The van der Waals surface area contributed by atoms with Gasteiger partial charge in [0.2, 0.25) is 0 Å². The van der Waals surface area contributed by atoms with E-state index in [4.69, 9.17) is 9.47 Å². The first-order valence-electron chi connectivity index (χ1n) is 12.6. The molecular weight excluding hydrogens is 498 g/mol. The molecule has 1 aromatic heterocycles. The summed E-state index contributed by atoms with van der Waals surface area (Å²) in [5.41, 5.74) is 4.48. The van der Waals surface area contributed by atoms with Crippen LogP contribution in [-0.2, 0) is 29.7 Å². The Morgan fingerprint density at radius 2 is 1.71 bits per heavy atom. The number of aliphatic hydroxyl groups excluding tert-OH is 1. The Kier molecular flexibility index (Phi) is 8.55. The Bertz CT molecular complexity index is 1330. The van der Waals surface area contributed by atoms with Crippen molar-refractivity contribution in [2.24, 2.45) is 7.05 Å². The molecule has 1 amide bonds. The largest absolute Gasteiger partial charge is 0.392 e. The number of nitrogens with zero attached hydrogens (tertiary/aromatic N) is 2. The van der Waals surface area contributed by atoms with Crippen LogP contribution in [0.1, 0.15) is 51.4 Å². The SMILES string of the molecule is Cn1ccnc1SC[C@H]1C[C@@H](c2ccc(CO)cc2)O[C@@H](c2ccc(CNC(=O)c3ccccc3)cc2)O1. The van der Waals surface area contributed by atoms with Crippen molar-refractivity contribution in [1.82, 2.24) is 14.9 Å². The van der Waals surface area contributed by atoms with Crippen molar-refractivity contribution in [3.8, 4) is 0 Å². The van der Waals surface area contributed by atoms with E-state index in [1.165, 1.54) is 0 Å². The van der Waals surface area contributed by atoms with Gasteiger partial charge in [-0.25, -0.2) is 4.98 Å². The number of benzene rings is 3. The monoisotopic (exact) mass is 529 g/mol. The van der Waals surface area contributed by atoms with Gasteiger partial charge in [0.25, 0.3) is 5.91 Å². The van der Waals surface area contributed by atoms with E-state index in [9.17, 15) is 9.90 Å². The van der Waals surface area contributed by atoms with Crippen LogP contribution in [0.3, 0.4) is 0 Å². The summed E-state index contributed by atoms with van der Waals surface area (Å²) in [6, 6.07) is 25.0. The third-order valence-electron chi connectivity index (χ3n) is 6.53. The van der Waals surface area contributed by atoms with Crippen molar-refractivity contribution in [3.05, 3.63) is 119 Å². The number of amides is 1. The van der Waals surface area contributed by atoms with Crippen molar-refractivity contribution in [3.63, 3.8) is 0 Å². The van der Waals surface area contributed by atoms with Gasteiger partial charge in [0.1, 0.15) is 0 Å². The average molecular weight is 530 g/mol. The number of ether oxygens (including phenoxy) is 2. The van der Waals surface area contributed by atoms with Gasteiger partial charge in [-0.1, -0.05) is 78.5 Å². The molecule has 3 aromatic carbocycles. The Balaban J connectivity index is 1.27. The molecule has 7 nitrogen and oxygen atoms in total. The molecule has 1 saturated heterocycles. The van der Waals surface area contributed by atoms with Gasteiger partial charge in [0, 0.05) is 49.3 Å². The van der Waals surface area contributed by atoms with E-state index < -0.39 is 6.29 Å². The normalized spacial score (nSPS) is 19.3. The van der Waals surface area contributed by atoms with Gasteiger partial charge in [0.05, 0.1) is 18.8 Å². The lowest BCUT2D eigenvalue weighted by molar-refractivity contribution is -0.245. The highest BCUT2D eigenvalue weighted by atomic mass is 32.2. The van der Waals surface area contributed by atoms with Gasteiger partial charge >= 0.3 is 0 Å². The van der Waals surface area contributed by atoms with Crippen molar-refractivity contribution in [2.75, 3.05) is 5.75 Å². The van der Waals surface area contributed by atoms with Gasteiger partial charge in [-0.3, -0.25) is 4.79 Å². The summed E-state index contributed by atoms with van der Waals surface area (Å²) in [6.07, 6.45) is 3.75. The molecule has 0 bridgehead atoms. The van der Waals surface area contributed by atoms with E-state index in [0.717, 1.165) is 39.6 Å². The average Bonchev–Trinajstić information content (AvgIpc) is 3.39. The Labute approximate surface area is 226 Å². The molecule has 1 fully saturated rings. The zero-order chi connectivity index (χ0) is 26.3. The predicted octanol–water partition coefficient (Wildman–Crippen LogP) is 5.18. The second kappa shape index (κ2) is 12.4. The zero-order valence-electron chi connectivity index (χ0n) is 21.2. The van der Waals surface area contributed by atoms with Gasteiger partial charge in [-0.05, 0) is 28.8 Å². The minimum atomic E-state index is -0.522. The van der Waals surface area contributed by atoms with Crippen molar-refractivity contribution in [2.45, 2.75) is 43.2 Å². The third-order valence-corrected chi connectivity index (χ3v) is 7.72. The van der Waals surface area contributed by atoms with Crippen LogP contribution in [0.2, 0.25) is 0 Å². The lowest BCUT2D eigenvalue weighted by Gasteiger charge is -2.36. The summed E-state index contributed by atoms with van der Waals surface area (Å²) < 4.78 is 14.8. The van der Waals surface area contributed by atoms with Crippen LogP contribution in [0.25, 0.3) is 0 Å². The number of imidazole rings is 1. The zero-order valence-corrected chi connectivity index (χ0v) is 22.0. The molecule has 0 aliphatic carbocycles. The minimum absolute atomic E-state index is 0.0125. The topological polar surface area (TPSA) is 85.6 Å². The van der Waals surface area contributed by atoms with Crippen molar-refractivity contribution < 1.29 is 19.4 Å². The molecule has 0 spiro atoms. The second-order valence-corrected chi connectivity index (χ2v) is 10.3. The Morgan fingerprint density at radius 3 is 2.39 bits per heavy atom. The maximum absolute atomic E-state index is 12.4. The molecule has 4 aromatic rings. The van der Waals surface area contributed by atoms with E-state index in [1.807, 2.05) is 84.5 Å². The van der Waals surface area contributed by atoms with E-state index in [-0.39, 0.29) is 24.7 Å². The van der Waals surface area contributed by atoms with Crippen molar-refractivity contribution in [1.29, 1.82) is 0 Å². The number of aliphatic hydroxyl groups is 1. The van der Waals surface area contributed by atoms with Crippen LogP contribution in [-0.4, -0.2) is 32.4 Å². The van der Waals surface area contributed by atoms with Crippen LogP contribution < -0.4 is 5.32 Å². The maximum Gasteiger partial charge on any atom is 0.251 e. The highest BCUT2D eigenvalue weighted by molar-refractivity contribution is 7.99. The molecule has 1 aliphatic rings. The first-order valence-corrected chi connectivity index (χ1v) is 13.6. The summed E-state index contributed by atoms with van der Waals surface area (Å²) in [7, 11) is 1.98. The summed E-state index contributed by atoms with van der Waals surface area (Å²) in [5, 5.41) is 13.3. The standard InChI is InChI=1S/C30H31N3O4S/c1-33-16-15-31-30(33)38-20-26-17-27(23-11-9-22(19-34)10-12-23)37-29(36-26)25-13-7-21(8-14-25)18-32-28(35)24-5-3-2-4-6-24/h2-16,26-27,29,34H,17-20H2,1H3,(H,32,35)/t26-,27+,29+/m1/s1. The number of rotatable bonds is 9. The van der Waals surface area contributed by atoms with E-state index >= 15 is 0 Å². The number of hydrogen-bond donors (Lipinski definition) is 2. The second-order valence-electron chi connectivity index (χ2n) is 9.27. The fraction of sp³-hybridized carbons (Fsp3) is 0.267. The highest BCUT2D eigenvalue weighted by Crippen LogP contribution is 2.39. The molecule has 0 saturated carbocycles. The first kappa shape index (κ1) is 26.2. The molecule has 5 rings (SSSR count). The lowest BCUT2D eigenvalue weighted by Crippen LogP contribution is -2.31. The number of carbonyl (C=O) groups excluding carboxylic acids is 1. The number of carbonyl (C=O) groups is 1. The van der Waals surface area contributed by atoms with E-state index in [0.29, 0.717) is 12.1 Å². The summed E-state index contributed by atoms with van der Waals surface area (Å²) in [5.74, 6) is 0.649. The molecule has 2 N–H and O–H groups in total. The van der Waals surface area contributed by atoms with Crippen molar-refractivity contribution >= 4 is 17.7 Å². The molecule has 0 unspecified atom stereocenters. The van der Waals surface area contributed by atoms with Crippen LogP contribution in [0, 0.1) is 0 Å².